The average Bonchev–Trinajstić information content (AvgIpc) is 2.34. The molecular formula is C13H12BrClN2O. The first-order chi connectivity index (χ1) is 8.56. The minimum Gasteiger partial charge on any atom is -0.437 e. The van der Waals surface area contributed by atoms with Crippen LogP contribution in [0.25, 0.3) is 0 Å². The highest BCUT2D eigenvalue weighted by Crippen LogP contribution is 2.31. The molecule has 2 N–H and O–H groups in total. The molecule has 1 unspecified atom stereocenters. The molecule has 18 heavy (non-hydrogen) atoms. The van der Waals surface area contributed by atoms with Gasteiger partial charge in [0.2, 0.25) is 5.88 Å². The fourth-order valence-corrected chi connectivity index (χ4v) is 1.93. The summed E-state index contributed by atoms with van der Waals surface area (Å²) in [5.41, 5.74) is 6.78. The Morgan fingerprint density at radius 2 is 2.11 bits per heavy atom. The molecule has 2 rings (SSSR count). The van der Waals surface area contributed by atoms with Crippen LogP contribution in [0, 0.1) is 0 Å². The quantitative estimate of drug-likeness (QED) is 0.914. The Morgan fingerprint density at radius 1 is 1.33 bits per heavy atom. The van der Waals surface area contributed by atoms with Crippen molar-refractivity contribution in [2.75, 3.05) is 0 Å². The van der Waals surface area contributed by atoms with Gasteiger partial charge in [-0.05, 0) is 36.8 Å². The van der Waals surface area contributed by atoms with Crippen LogP contribution in [0.1, 0.15) is 18.5 Å². The van der Waals surface area contributed by atoms with Crippen LogP contribution < -0.4 is 10.5 Å². The Bertz CT molecular complexity index is 560. The molecule has 1 heterocycles. The predicted octanol–water partition coefficient (Wildman–Crippen LogP) is 4.31. The summed E-state index contributed by atoms with van der Waals surface area (Å²) in [6.45, 7) is 1.91. The molecule has 1 aromatic carbocycles. The fraction of sp³-hybridized carbons (Fsp3) is 0.154. The third-order valence-electron chi connectivity index (χ3n) is 2.39. The van der Waals surface area contributed by atoms with Gasteiger partial charge in [-0.15, -0.1) is 0 Å². The van der Waals surface area contributed by atoms with Crippen molar-refractivity contribution in [3.63, 3.8) is 0 Å². The van der Waals surface area contributed by atoms with Crippen LogP contribution in [-0.2, 0) is 0 Å². The zero-order valence-electron chi connectivity index (χ0n) is 9.73. The average molecular weight is 328 g/mol. The van der Waals surface area contributed by atoms with Crippen LogP contribution in [0.5, 0.6) is 11.6 Å². The highest BCUT2D eigenvalue weighted by Gasteiger charge is 2.07. The molecule has 2 aromatic rings. The van der Waals surface area contributed by atoms with E-state index in [9.17, 15) is 0 Å². The van der Waals surface area contributed by atoms with Crippen molar-refractivity contribution in [3.8, 4) is 11.6 Å². The number of nitrogens with zero attached hydrogens (tertiary/aromatic N) is 1. The lowest BCUT2D eigenvalue weighted by atomic mass is 10.1. The van der Waals surface area contributed by atoms with E-state index in [2.05, 4.69) is 20.9 Å². The van der Waals surface area contributed by atoms with E-state index >= 15 is 0 Å². The lowest BCUT2D eigenvalue weighted by molar-refractivity contribution is 0.461. The summed E-state index contributed by atoms with van der Waals surface area (Å²) in [5.74, 6) is 1.03. The van der Waals surface area contributed by atoms with Crippen LogP contribution in [-0.4, -0.2) is 4.98 Å². The summed E-state index contributed by atoms with van der Waals surface area (Å²) in [6.07, 6.45) is 1.67. The second-order valence-electron chi connectivity index (χ2n) is 3.89. The largest absolute Gasteiger partial charge is 0.437 e. The smallest absolute Gasteiger partial charge is 0.219 e. The first kappa shape index (κ1) is 13.3. The van der Waals surface area contributed by atoms with Gasteiger partial charge in [-0.2, -0.15) is 0 Å². The van der Waals surface area contributed by atoms with Gasteiger partial charge in [-0.1, -0.05) is 27.5 Å². The summed E-state index contributed by atoms with van der Waals surface area (Å²) in [4.78, 5) is 4.14. The predicted molar refractivity (Wildman–Crippen MR) is 76.1 cm³/mol. The topological polar surface area (TPSA) is 48.1 Å². The van der Waals surface area contributed by atoms with Gasteiger partial charge in [0.15, 0.2) is 0 Å². The summed E-state index contributed by atoms with van der Waals surface area (Å²) in [7, 11) is 0. The number of benzene rings is 1. The molecule has 0 amide bonds. The minimum atomic E-state index is -0.0617. The van der Waals surface area contributed by atoms with E-state index in [1.807, 2.05) is 25.1 Å². The van der Waals surface area contributed by atoms with Crippen molar-refractivity contribution >= 4 is 27.5 Å². The summed E-state index contributed by atoms with van der Waals surface area (Å²) in [5, 5.41) is 0.534. The maximum Gasteiger partial charge on any atom is 0.219 e. The molecule has 94 valence electrons. The van der Waals surface area contributed by atoms with Crippen molar-refractivity contribution in [1.82, 2.24) is 4.98 Å². The normalized spacial score (nSPS) is 12.2. The Morgan fingerprint density at radius 3 is 2.83 bits per heavy atom. The fourth-order valence-electron chi connectivity index (χ4n) is 1.43. The van der Waals surface area contributed by atoms with E-state index in [4.69, 9.17) is 22.1 Å². The second kappa shape index (κ2) is 5.69. The van der Waals surface area contributed by atoms with E-state index in [0.717, 1.165) is 10.0 Å². The first-order valence-electron chi connectivity index (χ1n) is 5.40. The molecule has 0 saturated heterocycles. The Labute approximate surface area is 119 Å². The van der Waals surface area contributed by atoms with Gasteiger partial charge in [0.1, 0.15) is 5.75 Å². The zero-order chi connectivity index (χ0) is 13.1. The molecule has 0 saturated carbocycles. The maximum atomic E-state index is 6.05. The maximum absolute atomic E-state index is 6.05. The van der Waals surface area contributed by atoms with Crippen LogP contribution in [0.4, 0.5) is 0 Å². The number of ether oxygens (including phenoxy) is 1. The van der Waals surface area contributed by atoms with E-state index in [1.54, 1.807) is 18.3 Å². The molecule has 1 atom stereocenters. The molecule has 1 aromatic heterocycles. The van der Waals surface area contributed by atoms with Gasteiger partial charge in [0.05, 0.1) is 5.02 Å². The van der Waals surface area contributed by atoms with Crippen molar-refractivity contribution in [2.45, 2.75) is 13.0 Å². The first-order valence-corrected chi connectivity index (χ1v) is 6.58. The summed E-state index contributed by atoms with van der Waals surface area (Å²) < 4.78 is 6.55. The van der Waals surface area contributed by atoms with Gasteiger partial charge in [-0.3, -0.25) is 0 Å². The number of rotatable bonds is 3. The third-order valence-corrected chi connectivity index (χ3v) is 3.20. The van der Waals surface area contributed by atoms with Crippen LogP contribution in [0.15, 0.2) is 41.0 Å². The van der Waals surface area contributed by atoms with Crippen LogP contribution in [0.2, 0.25) is 5.02 Å². The molecule has 0 aliphatic heterocycles. The molecule has 0 radical (unpaired) electrons. The Balaban J connectivity index is 2.28. The number of pyridine rings is 1. The van der Waals surface area contributed by atoms with E-state index in [0.29, 0.717) is 16.7 Å². The number of hydrogen-bond donors (Lipinski definition) is 1. The molecule has 0 fully saturated rings. The molecule has 5 heteroatoms. The highest BCUT2D eigenvalue weighted by molar-refractivity contribution is 9.10. The monoisotopic (exact) mass is 326 g/mol. The Hall–Kier alpha value is -1.10. The van der Waals surface area contributed by atoms with Crippen molar-refractivity contribution in [2.24, 2.45) is 5.73 Å². The second-order valence-corrected chi connectivity index (χ2v) is 5.22. The van der Waals surface area contributed by atoms with E-state index in [1.165, 1.54) is 0 Å². The highest BCUT2D eigenvalue weighted by atomic mass is 79.9. The molecule has 0 aliphatic carbocycles. The van der Waals surface area contributed by atoms with Gasteiger partial charge in [0, 0.05) is 22.8 Å². The van der Waals surface area contributed by atoms with Gasteiger partial charge in [-0.25, -0.2) is 4.98 Å². The molecule has 0 spiro atoms. The molecular weight excluding hydrogens is 316 g/mol. The number of halogens is 2. The number of nitrogens with two attached hydrogens (primary N) is 1. The standard InChI is InChI=1S/C13H12BrClN2O/c1-8(16)9-4-5-17-13(6-9)18-12-7-10(14)2-3-11(12)15/h2-8H,16H2,1H3. The lowest BCUT2D eigenvalue weighted by Crippen LogP contribution is -2.05. The zero-order valence-corrected chi connectivity index (χ0v) is 12.1. The summed E-state index contributed by atoms with van der Waals surface area (Å²) >= 11 is 9.42. The van der Waals surface area contributed by atoms with Crippen molar-refractivity contribution in [3.05, 3.63) is 51.6 Å². The Kier molecular flexibility index (Phi) is 4.22. The minimum absolute atomic E-state index is 0.0617. The summed E-state index contributed by atoms with van der Waals surface area (Å²) in [6, 6.07) is 9.01. The number of hydrogen-bond acceptors (Lipinski definition) is 3. The molecule has 3 nitrogen and oxygen atoms in total. The van der Waals surface area contributed by atoms with E-state index in [-0.39, 0.29) is 6.04 Å². The number of aromatic nitrogens is 1. The van der Waals surface area contributed by atoms with Gasteiger partial charge < -0.3 is 10.5 Å². The lowest BCUT2D eigenvalue weighted by Gasteiger charge is -2.10. The molecule has 0 bridgehead atoms. The van der Waals surface area contributed by atoms with Gasteiger partial charge in [0.25, 0.3) is 0 Å². The SMILES string of the molecule is CC(N)c1ccnc(Oc2cc(Br)ccc2Cl)c1. The van der Waals surface area contributed by atoms with Crippen molar-refractivity contribution in [1.29, 1.82) is 0 Å². The van der Waals surface area contributed by atoms with Crippen LogP contribution in [0.3, 0.4) is 0 Å². The van der Waals surface area contributed by atoms with Gasteiger partial charge >= 0.3 is 0 Å². The van der Waals surface area contributed by atoms with Crippen molar-refractivity contribution < 1.29 is 4.74 Å². The van der Waals surface area contributed by atoms with Crippen LogP contribution >= 0.6 is 27.5 Å². The molecule has 0 aliphatic rings. The van der Waals surface area contributed by atoms with E-state index < -0.39 is 0 Å². The third kappa shape index (κ3) is 3.22.